The van der Waals surface area contributed by atoms with E-state index in [9.17, 15) is 8.42 Å². The van der Waals surface area contributed by atoms with E-state index in [1.54, 1.807) is 6.92 Å². The van der Waals surface area contributed by atoms with Gasteiger partial charge < -0.3 is 5.73 Å². The predicted octanol–water partition coefficient (Wildman–Crippen LogP) is 1.57. The van der Waals surface area contributed by atoms with Gasteiger partial charge in [-0.2, -0.15) is 0 Å². The van der Waals surface area contributed by atoms with E-state index in [-0.39, 0.29) is 22.6 Å². The summed E-state index contributed by atoms with van der Waals surface area (Å²) < 4.78 is 23.8. The lowest BCUT2D eigenvalue weighted by molar-refractivity contribution is 0.139. The van der Waals surface area contributed by atoms with Crippen LogP contribution in [0.3, 0.4) is 0 Å². The zero-order valence-electron chi connectivity index (χ0n) is 10.5. The molecule has 2 saturated carbocycles. The Labute approximate surface area is 98.7 Å². The summed E-state index contributed by atoms with van der Waals surface area (Å²) in [5.41, 5.74) is 6.16. The minimum atomic E-state index is -2.93. The summed E-state index contributed by atoms with van der Waals surface area (Å²) in [6.45, 7) is 6.15. The predicted molar refractivity (Wildman–Crippen MR) is 65.9 cm³/mol. The van der Waals surface area contributed by atoms with Gasteiger partial charge in [0.05, 0.1) is 5.75 Å². The molecule has 3 unspecified atom stereocenters. The summed E-state index contributed by atoms with van der Waals surface area (Å²) in [5, 5.41) is 0. The normalized spacial score (nSPS) is 41.5. The number of nitrogens with two attached hydrogens (primary N) is 1. The quantitative estimate of drug-likeness (QED) is 0.821. The van der Waals surface area contributed by atoms with E-state index < -0.39 is 9.84 Å². The van der Waals surface area contributed by atoms with Crippen LogP contribution in [0, 0.1) is 16.7 Å². The third-order valence-electron chi connectivity index (χ3n) is 5.41. The molecule has 2 fully saturated rings. The lowest BCUT2D eigenvalue weighted by atomic mass is 9.69. The number of hydrogen-bond donors (Lipinski definition) is 1. The van der Waals surface area contributed by atoms with Crippen LogP contribution < -0.4 is 5.73 Å². The first-order valence-corrected chi connectivity index (χ1v) is 8.03. The lowest BCUT2D eigenvalue weighted by Crippen LogP contribution is -2.48. The molecule has 4 heteroatoms. The Morgan fingerprint density at radius 3 is 2.38 bits per heavy atom. The molecule has 2 aliphatic rings. The van der Waals surface area contributed by atoms with E-state index in [0.29, 0.717) is 11.7 Å². The van der Waals surface area contributed by atoms with Gasteiger partial charge in [-0.1, -0.05) is 20.8 Å². The highest BCUT2D eigenvalue weighted by atomic mass is 32.2. The highest BCUT2D eigenvalue weighted by molar-refractivity contribution is 7.91. The van der Waals surface area contributed by atoms with Crippen molar-refractivity contribution < 1.29 is 8.42 Å². The number of hydrogen-bond acceptors (Lipinski definition) is 3. The second-order valence-electron chi connectivity index (χ2n) is 6.13. The molecule has 0 radical (unpaired) electrons. The second-order valence-corrected chi connectivity index (χ2v) is 8.49. The molecule has 2 aliphatic carbocycles. The third kappa shape index (κ3) is 1.46. The average Bonchev–Trinajstić information content (AvgIpc) is 2.51. The fourth-order valence-electron chi connectivity index (χ4n) is 3.99. The maximum Gasteiger partial charge on any atom is 0.150 e. The van der Waals surface area contributed by atoms with E-state index in [2.05, 4.69) is 13.8 Å². The first kappa shape index (κ1) is 12.4. The topological polar surface area (TPSA) is 60.2 Å². The highest BCUT2D eigenvalue weighted by Crippen LogP contribution is 2.65. The molecule has 0 heterocycles. The van der Waals surface area contributed by atoms with E-state index in [4.69, 9.17) is 5.73 Å². The van der Waals surface area contributed by atoms with E-state index >= 15 is 0 Å². The van der Waals surface area contributed by atoms with Crippen molar-refractivity contribution in [2.45, 2.75) is 46.1 Å². The minimum absolute atomic E-state index is 0.0718. The maximum absolute atomic E-state index is 11.9. The van der Waals surface area contributed by atoms with Crippen LogP contribution in [-0.4, -0.2) is 26.0 Å². The molecule has 0 saturated heterocycles. The van der Waals surface area contributed by atoms with Crippen molar-refractivity contribution in [2.24, 2.45) is 22.5 Å². The first-order valence-electron chi connectivity index (χ1n) is 6.21. The molecule has 0 spiro atoms. The molecule has 0 aromatic carbocycles. The van der Waals surface area contributed by atoms with Gasteiger partial charge in [-0.25, -0.2) is 8.42 Å². The molecule has 3 atom stereocenters. The Morgan fingerprint density at radius 2 is 2.00 bits per heavy atom. The summed E-state index contributed by atoms with van der Waals surface area (Å²) >= 11 is 0. The molecule has 0 aromatic rings. The Morgan fingerprint density at radius 1 is 1.38 bits per heavy atom. The van der Waals surface area contributed by atoms with Crippen LogP contribution in [0.1, 0.15) is 40.0 Å². The van der Waals surface area contributed by atoms with Crippen LogP contribution in [0.2, 0.25) is 0 Å². The van der Waals surface area contributed by atoms with Crippen molar-refractivity contribution >= 4 is 9.84 Å². The monoisotopic (exact) mass is 245 g/mol. The van der Waals surface area contributed by atoms with Crippen molar-refractivity contribution in [3.05, 3.63) is 0 Å². The SMILES string of the molecule is CCS(=O)(=O)CC12CCC(CC1N)C2(C)C. The van der Waals surface area contributed by atoms with Crippen molar-refractivity contribution in [3.8, 4) is 0 Å². The van der Waals surface area contributed by atoms with Crippen LogP contribution in [0.15, 0.2) is 0 Å². The largest absolute Gasteiger partial charge is 0.327 e. The summed E-state index contributed by atoms with van der Waals surface area (Å²) in [6.07, 6.45) is 3.15. The Bertz CT molecular complexity index is 388. The maximum atomic E-state index is 11.9. The summed E-state index contributed by atoms with van der Waals surface area (Å²) in [5.74, 6) is 1.15. The molecule has 2 bridgehead atoms. The van der Waals surface area contributed by atoms with Crippen LogP contribution in [0.25, 0.3) is 0 Å². The van der Waals surface area contributed by atoms with Gasteiger partial charge in [0, 0.05) is 17.2 Å². The fraction of sp³-hybridized carbons (Fsp3) is 1.00. The highest BCUT2D eigenvalue weighted by Gasteiger charge is 2.63. The second kappa shape index (κ2) is 3.45. The van der Waals surface area contributed by atoms with Gasteiger partial charge >= 0.3 is 0 Å². The van der Waals surface area contributed by atoms with Crippen LogP contribution >= 0.6 is 0 Å². The van der Waals surface area contributed by atoms with E-state index in [0.717, 1.165) is 19.3 Å². The van der Waals surface area contributed by atoms with Gasteiger partial charge in [-0.15, -0.1) is 0 Å². The molecular formula is C12H23NO2S. The van der Waals surface area contributed by atoms with Gasteiger partial charge in [0.15, 0.2) is 9.84 Å². The number of rotatable bonds is 3. The molecule has 0 amide bonds. The van der Waals surface area contributed by atoms with Gasteiger partial charge in [0.1, 0.15) is 0 Å². The van der Waals surface area contributed by atoms with Gasteiger partial charge in [0.2, 0.25) is 0 Å². The summed E-state index contributed by atoms with van der Waals surface area (Å²) in [4.78, 5) is 0. The molecular weight excluding hydrogens is 222 g/mol. The van der Waals surface area contributed by atoms with Gasteiger partial charge in [-0.05, 0) is 30.6 Å². The van der Waals surface area contributed by atoms with E-state index in [1.807, 2.05) is 0 Å². The molecule has 0 aliphatic heterocycles. The Kier molecular flexibility index (Phi) is 2.67. The van der Waals surface area contributed by atoms with Crippen LogP contribution in [0.5, 0.6) is 0 Å². The molecule has 0 aromatic heterocycles. The zero-order valence-corrected chi connectivity index (χ0v) is 11.3. The van der Waals surface area contributed by atoms with Crippen molar-refractivity contribution in [2.75, 3.05) is 11.5 Å². The van der Waals surface area contributed by atoms with Crippen molar-refractivity contribution in [1.82, 2.24) is 0 Å². The molecule has 94 valence electrons. The van der Waals surface area contributed by atoms with Gasteiger partial charge in [0.25, 0.3) is 0 Å². The zero-order chi connectivity index (χ0) is 12.2. The van der Waals surface area contributed by atoms with Crippen LogP contribution in [0.4, 0.5) is 0 Å². The Hall–Kier alpha value is -0.0900. The Balaban J connectivity index is 2.36. The fourth-order valence-corrected chi connectivity index (χ4v) is 5.71. The smallest absolute Gasteiger partial charge is 0.150 e. The third-order valence-corrected chi connectivity index (χ3v) is 7.24. The summed E-state index contributed by atoms with van der Waals surface area (Å²) in [7, 11) is -2.93. The standard InChI is InChI=1S/C12H23NO2S/c1-4-16(14,15)8-12-6-5-9(7-10(12)13)11(12,2)3/h9-10H,4-8,13H2,1-3H3. The number of fused-ring (bicyclic) bond motifs is 2. The summed E-state index contributed by atoms with van der Waals surface area (Å²) in [6, 6.07) is 0.0718. The van der Waals surface area contributed by atoms with Crippen LogP contribution in [-0.2, 0) is 9.84 Å². The molecule has 3 nitrogen and oxygen atoms in total. The lowest BCUT2D eigenvalue weighted by Gasteiger charge is -2.40. The molecule has 2 N–H and O–H groups in total. The number of sulfone groups is 1. The van der Waals surface area contributed by atoms with Crippen molar-refractivity contribution in [1.29, 1.82) is 0 Å². The van der Waals surface area contributed by atoms with Gasteiger partial charge in [-0.3, -0.25) is 0 Å². The van der Waals surface area contributed by atoms with Crippen molar-refractivity contribution in [3.63, 3.8) is 0 Å². The minimum Gasteiger partial charge on any atom is -0.327 e. The molecule has 16 heavy (non-hydrogen) atoms. The average molecular weight is 245 g/mol. The molecule has 2 rings (SSSR count). The first-order chi connectivity index (χ1) is 7.25. The van der Waals surface area contributed by atoms with E-state index in [1.165, 1.54) is 0 Å².